The Hall–Kier alpha value is -3.58. The van der Waals surface area contributed by atoms with Gasteiger partial charge in [-0.05, 0) is 67.5 Å². The molecule has 0 fully saturated rings. The van der Waals surface area contributed by atoms with Crippen LogP contribution in [0.5, 0.6) is 0 Å². The number of H-pyrrole nitrogens is 2. The van der Waals surface area contributed by atoms with Gasteiger partial charge in [-0.3, -0.25) is 4.98 Å². The lowest BCUT2D eigenvalue weighted by Crippen LogP contribution is -1.77. The summed E-state index contributed by atoms with van der Waals surface area (Å²) in [5.74, 6) is 2.75. The molecule has 0 radical (unpaired) electrons. The summed E-state index contributed by atoms with van der Waals surface area (Å²) in [6.45, 7) is 0. The van der Waals surface area contributed by atoms with Crippen LogP contribution in [0.25, 0.3) is 34.2 Å². The second kappa shape index (κ2) is 5.75. The van der Waals surface area contributed by atoms with Gasteiger partial charge in [0.2, 0.25) is 0 Å². The number of nitrogens with one attached hydrogen (secondary N) is 2. The minimum absolute atomic E-state index is 0.831. The Morgan fingerprint density at radius 2 is 1.46 bits per heavy atom. The highest BCUT2D eigenvalue weighted by Gasteiger charge is 2.07. The second-order valence-corrected chi connectivity index (χ2v) is 6.53. The number of fused-ring (bicyclic) bond motifs is 8. The van der Waals surface area contributed by atoms with Crippen LogP contribution in [0.3, 0.4) is 0 Å². The number of aromatic nitrogens is 4. The summed E-state index contributed by atoms with van der Waals surface area (Å²) in [6, 6.07) is 14.3. The SMILES string of the molecule is C#Cc1cc2cc3nc(cc4ccc(cc5nc(cc1[nH]2)C=C5)[nH]4)CC3. The first kappa shape index (κ1) is 14.7. The van der Waals surface area contributed by atoms with E-state index in [1.165, 1.54) is 0 Å². The van der Waals surface area contributed by atoms with Crippen molar-refractivity contribution in [2.75, 3.05) is 0 Å². The number of terminal acetylenes is 1. The van der Waals surface area contributed by atoms with Gasteiger partial charge in [0.05, 0.1) is 16.9 Å². The molecule has 4 heteroatoms. The summed E-state index contributed by atoms with van der Waals surface area (Å²) < 4.78 is 0. The molecular weight excluding hydrogens is 320 g/mol. The largest absolute Gasteiger partial charge is 0.355 e. The molecule has 0 amide bonds. The van der Waals surface area contributed by atoms with Crippen LogP contribution in [-0.2, 0) is 12.8 Å². The molecule has 3 aromatic heterocycles. The summed E-state index contributed by atoms with van der Waals surface area (Å²) in [7, 11) is 0. The maximum atomic E-state index is 5.68. The normalized spacial score (nSPS) is 12.9. The third kappa shape index (κ3) is 2.70. The highest BCUT2D eigenvalue weighted by Crippen LogP contribution is 2.18. The van der Waals surface area contributed by atoms with Crippen molar-refractivity contribution in [1.29, 1.82) is 0 Å². The molecule has 2 aliphatic heterocycles. The lowest BCUT2D eigenvalue weighted by atomic mass is 10.2. The van der Waals surface area contributed by atoms with Gasteiger partial charge in [0.25, 0.3) is 0 Å². The number of aryl methyl sites for hydroxylation is 2. The average Bonchev–Trinajstić information content (AvgIpc) is 3.39. The van der Waals surface area contributed by atoms with Gasteiger partial charge in [0.15, 0.2) is 0 Å². The van der Waals surface area contributed by atoms with Crippen molar-refractivity contribution in [3.05, 3.63) is 70.8 Å². The molecule has 5 rings (SSSR count). The molecule has 4 nitrogen and oxygen atoms in total. The first-order valence-electron chi connectivity index (χ1n) is 8.60. The van der Waals surface area contributed by atoms with Gasteiger partial charge >= 0.3 is 0 Å². The monoisotopic (exact) mass is 336 g/mol. The first-order valence-corrected chi connectivity index (χ1v) is 8.60. The molecule has 0 atom stereocenters. The summed E-state index contributed by atoms with van der Waals surface area (Å²) in [5, 5.41) is 0. The Kier molecular flexibility index (Phi) is 3.26. The summed E-state index contributed by atoms with van der Waals surface area (Å²) in [4.78, 5) is 16.2. The van der Waals surface area contributed by atoms with Crippen LogP contribution in [0.15, 0.2) is 42.5 Å². The summed E-state index contributed by atoms with van der Waals surface area (Å²) in [5.41, 5.74) is 8.70. The van der Waals surface area contributed by atoms with Gasteiger partial charge in [-0.1, -0.05) is 5.92 Å². The first-order chi connectivity index (χ1) is 12.7. The third-order valence-electron chi connectivity index (χ3n) is 4.60. The van der Waals surface area contributed by atoms with Gasteiger partial charge in [-0.25, -0.2) is 4.98 Å². The van der Waals surface area contributed by atoms with Gasteiger partial charge in [-0.15, -0.1) is 6.42 Å². The average molecular weight is 336 g/mol. The molecule has 8 bridgehead atoms. The Bertz CT molecular complexity index is 1250. The highest BCUT2D eigenvalue weighted by molar-refractivity contribution is 5.77. The van der Waals surface area contributed by atoms with Gasteiger partial charge in [-0.2, -0.15) is 0 Å². The minimum Gasteiger partial charge on any atom is -0.355 e. The minimum atomic E-state index is 0.831. The van der Waals surface area contributed by atoms with Crippen LogP contribution in [0.4, 0.5) is 0 Å². The van der Waals surface area contributed by atoms with E-state index in [-0.39, 0.29) is 0 Å². The van der Waals surface area contributed by atoms with Gasteiger partial charge in [0, 0.05) is 33.5 Å². The number of rotatable bonds is 0. The second-order valence-electron chi connectivity index (χ2n) is 6.53. The highest BCUT2D eigenvalue weighted by atomic mass is 14.8. The third-order valence-corrected chi connectivity index (χ3v) is 4.60. The van der Waals surface area contributed by atoms with E-state index in [4.69, 9.17) is 11.4 Å². The van der Waals surface area contributed by atoms with Crippen molar-refractivity contribution in [1.82, 2.24) is 19.9 Å². The van der Waals surface area contributed by atoms with E-state index in [0.29, 0.717) is 0 Å². The standard InChI is InChI=1S/C22H16N4/c1-2-14-9-21-12-19-6-5-17(24-19)10-15-3-4-16(23-15)11-18-7-8-20(25-18)13-22(14)26-21/h1,3-4,7-13,23,26H,5-6H2. The molecule has 5 heterocycles. The number of hydrogen-bond acceptors (Lipinski definition) is 2. The fourth-order valence-corrected chi connectivity index (χ4v) is 3.38. The van der Waals surface area contributed by atoms with Crippen LogP contribution in [0, 0.1) is 12.3 Å². The zero-order valence-corrected chi connectivity index (χ0v) is 14.1. The molecule has 0 spiro atoms. The van der Waals surface area contributed by atoms with Crippen LogP contribution < -0.4 is 0 Å². The Morgan fingerprint density at radius 3 is 2.23 bits per heavy atom. The fraction of sp³-hybridized carbons (Fsp3) is 0.0909. The van der Waals surface area contributed by atoms with Crippen LogP contribution in [0.1, 0.15) is 28.3 Å². The van der Waals surface area contributed by atoms with Crippen LogP contribution in [0.2, 0.25) is 0 Å². The van der Waals surface area contributed by atoms with E-state index in [1.54, 1.807) is 0 Å². The van der Waals surface area contributed by atoms with E-state index < -0.39 is 0 Å². The van der Waals surface area contributed by atoms with E-state index >= 15 is 0 Å². The molecule has 0 saturated heterocycles. The zero-order chi connectivity index (χ0) is 17.5. The Morgan fingerprint density at radius 1 is 0.769 bits per heavy atom. The van der Waals surface area contributed by atoms with Crippen molar-refractivity contribution in [3.8, 4) is 12.3 Å². The smallest absolute Gasteiger partial charge is 0.0658 e. The lowest BCUT2D eigenvalue weighted by Gasteiger charge is -1.86. The Labute approximate surface area is 150 Å². The van der Waals surface area contributed by atoms with Crippen molar-refractivity contribution >= 4 is 34.2 Å². The Balaban J connectivity index is 1.86. The maximum Gasteiger partial charge on any atom is 0.0658 e. The quantitative estimate of drug-likeness (QED) is 0.472. The fourth-order valence-electron chi connectivity index (χ4n) is 3.38. The molecule has 0 aromatic carbocycles. The molecule has 0 aliphatic carbocycles. The van der Waals surface area contributed by atoms with Crippen LogP contribution >= 0.6 is 0 Å². The van der Waals surface area contributed by atoms with E-state index in [2.05, 4.69) is 45.1 Å². The number of nitrogens with zero attached hydrogens (tertiary/aromatic N) is 2. The number of aromatic amines is 2. The molecular formula is C22H16N4. The molecule has 0 unspecified atom stereocenters. The topological polar surface area (TPSA) is 57.4 Å². The van der Waals surface area contributed by atoms with Gasteiger partial charge < -0.3 is 9.97 Å². The van der Waals surface area contributed by atoms with Crippen molar-refractivity contribution in [2.45, 2.75) is 12.8 Å². The lowest BCUT2D eigenvalue weighted by molar-refractivity contribution is 1.03. The summed E-state index contributed by atoms with van der Waals surface area (Å²) in [6.07, 6.45) is 11.6. The van der Waals surface area contributed by atoms with Crippen molar-refractivity contribution in [3.63, 3.8) is 0 Å². The molecule has 124 valence electrons. The van der Waals surface area contributed by atoms with Crippen molar-refractivity contribution < 1.29 is 0 Å². The molecule has 26 heavy (non-hydrogen) atoms. The van der Waals surface area contributed by atoms with Crippen LogP contribution in [-0.4, -0.2) is 19.9 Å². The maximum absolute atomic E-state index is 5.68. The predicted octanol–water partition coefficient (Wildman–Crippen LogP) is 4.25. The van der Waals surface area contributed by atoms with E-state index in [0.717, 1.165) is 63.2 Å². The molecule has 3 aromatic rings. The van der Waals surface area contributed by atoms with Crippen molar-refractivity contribution in [2.24, 2.45) is 0 Å². The molecule has 0 saturated carbocycles. The van der Waals surface area contributed by atoms with E-state index in [1.807, 2.05) is 30.4 Å². The molecule has 2 N–H and O–H groups in total. The predicted molar refractivity (Wildman–Crippen MR) is 105 cm³/mol. The molecule has 2 aliphatic rings. The summed E-state index contributed by atoms with van der Waals surface area (Å²) >= 11 is 0. The van der Waals surface area contributed by atoms with E-state index in [9.17, 15) is 0 Å². The zero-order valence-electron chi connectivity index (χ0n) is 14.1. The number of hydrogen-bond donors (Lipinski definition) is 2. The van der Waals surface area contributed by atoms with Gasteiger partial charge in [0.1, 0.15) is 0 Å².